The van der Waals surface area contributed by atoms with Crippen molar-refractivity contribution in [1.29, 1.82) is 0 Å². The first-order valence-electron chi connectivity index (χ1n) is 13.9. The molecule has 0 radical (unpaired) electrons. The van der Waals surface area contributed by atoms with E-state index in [1.807, 2.05) is 31.2 Å². The lowest BCUT2D eigenvalue weighted by molar-refractivity contribution is -0.140. The van der Waals surface area contributed by atoms with Gasteiger partial charge in [-0.3, -0.25) is 9.59 Å². The summed E-state index contributed by atoms with van der Waals surface area (Å²) >= 11 is 0. The van der Waals surface area contributed by atoms with E-state index in [9.17, 15) is 23.1 Å². The molecule has 1 heterocycles. The second kappa shape index (κ2) is 12.1. The maximum atomic E-state index is 13.2. The lowest BCUT2D eigenvalue weighted by Crippen LogP contribution is -2.44. The van der Waals surface area contributed by atoms with Crippen molar-refractivity contribution in [1.82, 2.24) is 4.72 Å². The van der Waals surface area contributed by atoms with Crippen LogP contribution >= 0.6 is 0 Å². The minimum atomic E-state index is -4.01. The highest BCUT2D eigenvalue weighted by molar-refractivity contribution is 7.89. The van der Waals surface area contributed by atoms with Crippen molar-refractivity contribution in [3.63, 3.8) is 0 Å². The number of carbonyl (C=O) groups is 2. The van der Waals surface area contributed by atoms with E-state index >= 15 is 0 Å². The molecule has 0 saturated carbocycles. The number of sulfonamides is 1. The Labute approximate surface area is 247 Å². The third-order valence-corrected chi connectivity index (χ3v) is 8.70. The molecule has 42 heavy (non-hydrogen) atoms. The van der Waals surface area contributed by atoms with Crippen LogP contribution in [0.1, 0.15) is 62.7 Å². The number of carboxylic acids is 1. The first-order valence-corrected chi connectivity index (χ1v) is 15.4. The van der Waals surface area contributed by atoms with E-state index in [4.69, 9.17) is 4.42 Å². The Morgan fingerprint density at radius 1 is 0.929 bits per heavy atom. The van der Waals surface area contributed by atoms with Crippen LogP contribution in [0.4, 0.5) is 5.69 Å². The Bertz CT molecular complexity index is 1700. The summed E-state index contributed by atoms with van der Waals surface area (Å²) in [4.78, 5) is 24.6. The number of furan rings is 1. The number of fused-ring (bicyclic) bond motifs is 1. The predicted molar refractivity (Wildman–Crippen MR) is 165 cm³/mol. The highest BCUT2D eigenvalue weighted by Crippen LogP contribution is 2.32. The summed E-state index contributed by atoms with van der Waals surface area (Å²) in [5.74, 6) is -1.69. The molecule has 8 nitrogen and oxygen atoms in total. The molecule has 0 saturated heterocycles. The van der Waals surface area contributed by atoms with Gasteiger partial charge in [0.2, 0.25) is 10.0 Å². The average molecular weight is 591 g/mol. The van der Waals surface area contributed by atoms with Crippen molar-refractivity contribution in [2.45, 2.75) is 65.3 Å². The van der Waals surface area contributed by atoms with E-state index < -0.39 is 28.0 Å². The Morgan fingerprint density at radius 3 is 2.07 bits per heavy atom. The standard InChI is InChI=1S/C33H38N2O6S/c1-20(2)29(32(37)38)35-42(39,40)26-16-12-23(13-17-26)22-10-14-25(15-11-22)34-31(36)30-21(3)28-24(18-19-33(4,5)6)8-7-9-27(28)41-30/h7-17,20,29,35H,18-19H2,1-6H3,(H,34,36)(H,37,38)/t29-/m0/s1. The lowest BCUT2D eigenvalue weighted by Gasteiger charge is -2.18. The number of amides is 1. The fraction of sp³-hybridized carbons (Fsp3) is 0.333. The van der Waals surface area contributed by atoms with E-state index in [-0.39, 0.29) is 22.0 Å². The zero-order chi connectivity index (χ0) is 30.8. The van der Waals surface area contributed by atoms with E-state index in [1.165, 1.54) is 17.7 Å². The number of hydrogen-bond acceptors (Lipinski definition) is 5. The molecular formula is C33H38N2O6S. The van der Waals surface area contributed by atoms with Crippen LogP contribution < -0.4 is 10.0 Å². The third kappa shape index (κ3) is 7.09. The van der Waals surface area contributed by atoms with Gasteiger partial charge in [0.05, 0.1) is 4.90 Å². The Balaban J connectivity index is 1.47. The van der Waals surface area contributed by atoms with E-state index in [2.05, 4.69) is 36.9 Å². The number of hydrogen-bond donors (Lipinski definition) is 3. The minimum Gasteiger partial charge on any atom is -0.480 e. The van der Waals surface area contributed by atoms with Gasteiger partial charge < -0.3 is 14.8 Å². The van der Waals surface area contributed by atoms with Crippen LogP contribution in [0, 0.1) is 18.3 Å². The molecule has 0 aliphatic heterocycles. The molecule has 0 aliphatic carbocycles. The molecule has 4 rings (SSSR count). The van der Waals surface area contributed by atoms with Crippen LogP contribution in [0.15, 0.2) is 76.0 Å². The average Bonchev–Trinajstić information content (AvgIpc) is 3.27. The number of carboxylic acid groups (broad SMARTS) is 1. The van der Waals surface area contributed by atoms with Crippen LogP contribution in [-0.2, 0) is 21.2 Å². The number of benzene rings is 3. The molecule has 4 aromatic rings. The zero-order valence-corrected chi connectivity index (χ0v) is 25.6. The smallest absolute Gasteiger partial charge is 0.322 e. The number of aliphatic carboxylic acids is 1. The topological polar surface area (TPSA) is 126 Å². The fourth-order valence-electron chi connectivity index (χ4n) is 4.79. The van der Waals surface area contributed by atoms with Crippen molar-refractivity contribution in [2.24, 2.45) is 11.3 Å². The number of nitrogens with one attached hydrogen (secondary N) is 2. The molecule has 0 unspecified atom stereocenters. The summed E-state index contributed by atoms with van der Waals surface area (Å²) in [7, 11) is -4.01. The van der Waals surface area contributed by atoms with Crippen LogP contribution in [-0.4, -0.2) is 31.4 Å². The molecule has 0 spiro atoms. The van der Waals surface area contributed by atoms with Crippen molar-refractivity contribution < 1.29 is 27.5 Å². The van der Waals surface area contributed by atoms with Gasteiger partial charge in [-0.2, -0.15) is 4.72 Å². The molecule has 9 heteroatoms. The number of rotatable bonds is 10. The number of carbonyl (C=O) groups excluding carboxylic acids is 1. The van der Waals surface area contributed by atoms with Crippen molar-refractivity contribution in [3.05, 3.63) is 83.6 Å². The SMILES string of the molecule is Cc1c(C(=O)Nc2ccc(-c3ccc(S(=O)(=O)N[C@H](C(=O)O)C(C)C)cc3)cc2)oc2cccc(CCC(C)(C)C)c12. The predicted octanol–water partition coefficient (Wildman–Crippen LogP) is 7.03. The van der Waals surface area contributed by atoms with Crippen molar-refractivity contribution >= 4 is 38.6 Å². The summed E-state index contributed by atoms with van der Waals surface area (Å²) in [5, 5.41) is 13.2. The van der Waals surface area contributed by atoms with E-state index in [0.29, 0.717) is 11.3 Å². The summed E-state index contributed by atoms with van der Waals surface area (Å²) in [5.41, 5.74) is 5.05. The second-order valence-electron chi connectivity index (χ2n) is 12.1. The van der Waals surface area contributed by atoms with Gasteiger partial charge in [0, 0.05) is 16.6 Å². The molecule has 3 aromatic carbocycles. The molecule has 0 bridgehead atoms. The summed E-state index contributed by atoms with van der Waals surface area (Å²) in [6.45, 7) is 11.8. The van der Waals surface area contributed by atoms with Gasteiger partial charge in [0.1, 0.15) is 11.6 Å². The molecule has 222 valence electrons. The quantitative estimate of drug-likeness (QED) is 0.182. The molecule has 0 aliphatic rings. The van der Waals surface area contributed by atoms with Crippen LogP contribution in [0.5, 0.6) is 0 Å². The van der Waals surface area contributed by atoms with Gasteiger partial charge in [0.15, 0.2) is 5.76 Å². The molecule has 1 aromatic heterocycles. The number of anilines is 1. The Kier molecular flexibility index (Phi) is 8.94. The minimum absolute atomic E-state index is 0.0233. The second-order valence-corrected chi connectivity index (χ2v) is 13.9. The van der Waals surface area contributed by atoms with Crippen LogP contribution in [0.3, 0.4) is 0 Å². The number of aryl methyl sites for hydroxylation is 2. The summed E-state index contributed by atoms with van der Waals surface area (Å²) in [6, 6.07) is 18.1. The van der Waals surface area contributed by atoms with Crippen LogP contribution in [0.2, 0.25) is 0 Å². The Morgan fingerprint density at radius 2 is 1.52 bits per heavy atom. The molecule has 3 N–H and O–H groups in total. The van der Waals surface area contributed by atoms with Gasteiger partial charge in [-0.25, -0.2) is 8.42 Å². The van der Waals surface area contributed by atoms with E-state index in [1.54, 1.807) is 38.1 Å². The van der Waals surface area contributed by atoms with E-state index in [0.717, 1.165) is 34.9 Å². The molecule has 0 fully saturated rings. The molecular weight excluding hydrogens is 552 g/mol. The van der Waals surface area contributed by atoms with Crippen LogP contribution in [0.25, 0.3) is 22.1 Å². The van der Waals surface area contributed by atoms with Gasteiger partial charge in [0.25, 0.3) is 5.91 Å². The summed E-state index contributed by atoms with van der Waals surface area (Å²) in [6.07, 6.45) is 1.91. The van der Waals surface area contributed by atoms with Gasteiger partial charge in [-0.1, -0.05) is 71.0 Å². The lowest BCUT2D eigenvalue weighted by atomic mass is 9.87. The monoisotopic (exact) mass is 590 g/mol. The first-order chi connectivity index (χ1) is 19.7. The van der Waals surface area contributed by atoms with Gasteiger partial charge in [-0.15, -0.1) is 0 Å². The highest BCUT2D eigenvalue weighted by atomic mass is 32.2. The zero-order valence-electron chi connectivity index (χ0n) is 24.8. The first kappa shape index (κ1) is 31.0. The third-order valence-electron chi connectivity index (χ3n) is 7.25. The largest absolute Gasteiger partial charge is 0.480 e. The fourth-order valence-corrected chi connectivity index (χ4v) is 6.13. The van der Waals surface area contributed by atoms with Crippen molar-refractivity contribution in [2.75, 3.05) is 5.32 Å². The molecule has 1 atom stereocenters. The highest BCUT2D eigenvalue weighted by Gasteiger charge is 2.28. The van der Waals surface area contributed by atoms with Crippen molar-refractivity contribution in [3.8, 4) is 11.1 Å². The van der Waals surface area contributed by atoms with Gasteiger partial charge >= 0.3 is 5.97 Å². The van der Waals surface area contributed by atoms with Gasteiger partial charge in [-0.05, 0) is 78.1 Å². The maximum Gasteiger partial charge on any atom is 0.322 e. The normalized spacial score (nSPS) is 12.9. The maximum absolute atomic E-state index is 13.2. The molecule has 1 amide bonds. The Hall–Kier alpha value is -3.95. The summed E-state index contributed by atoms with van der Waals surface area (Å²) < 4.78 is 33.7.